The van der Waals surface area contributed by atoms with Crippen molar-refractivity contribution in [2.45, 2.75) is 46.1 Å². The monoisotopic (exact) mass is 513 g/mol. The Kier molecular flexibility index (Phi) is 8.52. The van der Waals surface area contributed by atoms with Gasteiger partial charge in [0.25, 0.3) is 0 Å². The van der Waals surface area contributed by atoms with Crippen LogP contribution in [0.4, 0.5) is 0 Å². The number of benzene rings is 3. The van der Waals surface area contributed by atoms with Gasteiger partial charge in [-0.2, -0.15) is 0 Å². The van der Waals surface area contributed by atoms with Gasteiger partial charge in [0, 0.05) is 18.6 Å². The van der Waals surface area contributed by atoms with E-state index in [-0.39, 0.29) is 35.0 Å². The van der Waals surface area contributed by atoms with Gasteiger partial charge in [-0.25, -0.2) is 0 Å². The van der Waals surface area contributed by atoms with Crippen LogP contribution in [0.3, 0.4) is 0 Å². The fraction of sp³-hybridized carbons (Fsp3) is 0.312. The van der Waals surface area contributed by atoms with Crippen molar-refractivity contribution >= 4 is 12.0 Å². The quantitative estimate of drug-likeness (QED) is 0.209. The van der Waals surface area contributed by atoms with E-state index < -0.39 is 11.8 Å². The number of Topliss-reactive ketones (excluding diaryl/α,β-unsaturated/α-hetero) is 1. The molecule has 0 radical (unpaired) electrons. The Morgan fingerprint density at radius 1 is 0.947 bits per heavy atom. The number of carbonyl (C=O) groups is 1. The van der Waals surface area contributed by atoms with Gasteiger partial charge in [-0.1, -0.05) is 62.8 Å². The maximum absolute atomic E-state index is 13.3. The average molecular weight is 514 g/mol. The van der Waals surface area contributed by atoms with Gasteiger partial charge in [-0.3, -0.25) is 9.79 Å². The smallest absolute Gasteiger partial charge is 0.200 e. The summed E-state index contributed by atoms with van der Waals surface area (Å²) in [6.07, 6.45) is 5.55. The Morgan fingerprint density at radius 3 is 2.21 bits per heavy atom. The predicted octanol–water partition coefficient (Wildman–Crippen LogP) is 6.63. The van der Waals surface area contributed by atoms with Crippen LogP contribution >= 0.6 is 0 Å². The third-order valence-electron chi connectivity index (χ3n) is 7.16. The zero-order valence-electron chi connectivity index (χ0n) is 22.0. The molecule has 0 fully saturated rings. The number of hydrogen-bond donors (Lipinski definition) is 3. The summed E-state index contributed by atoms with van der Waals surface area (Å²) < 4.78 is 5.87. The number of aliphatic imine (C=N–C) groups is 1. The Balaban J connectivity index is 1.35. The van der Waals surface area contributed by atoms with Crippen LogP contribution in [0.2, 0.25) is 0 Å². The average Bonchev–Trinajstić information content (AvgIpc) is 3.26. The van der Waals surface area contributed by atoms with Crippen LogP contribution in [-0.2, 0) is 17.6 Å². The summed E-state index contributed by atoms with van der Waals surface area (Å²) in [7, 11) is 0. The first-order valence-electron chi connectivity index (χ1n) is 13.0. The lowest BCUT2D eigenvalue weighted by Crippen LogP contribution is -2.28. The van der Waals surface area contributed by atoms with Crippen LogP contribution in [-0.4, -0.2) is 33.4 Å². The Morgan fingerprint density at radius 2 is 1.58 bits per heavy atom. The van der Waals surface area contributed by atoms with Crippen molar-refractivity contribution in [3.05, 3.63) is 89.5 Å². The molecule has 0 saturated heterocycles. The number of carbonyl (C=O) groups excluding carboxylic acids is 1. The van der Waals surface area contributed by atoms with Crippen molar-refractivity contribution in [2.24, 2.45) is 22.7 Å². The van der Waals surface area contributed by atoms with Gasteiger partial charge in [0.1, 0.15) is 17.5 Å². The number of ketones is 1. The molecule has 0 saturated carbocycles. The minimum atomic E-state index is -0.528. The molecule has 3 N–H and O–H groups in total. The van der Waals surface area contributed by atoms with Crippen LogP contribution in [0.5, 0.6) is 28.7 Å². The molecule has 38 heavy (non-hydrogen) atoms. The molecule has 3 atom stereocenters. The lowest BCUT2D eigenvalue weighted by molar-refractivity contribution is -0.120. The number of phenolic OH excluding ortho intramolecular Hbond substituents is 3. The molecule has 0 bridgehead atoms. The molecule has 1 heterocycles. The highest BCUT2D eigenvalue weighted by Crippen LogP contribution is 2.37. The van der Waals surface area contributed by atoms with E-state index in [9.17, 15) is 20.1 Å². The summed E-state index contributed by atoms with van der Waals surface area (Å²) >= 11 is 0. The number of rotatable bonds is 10. The number of hydrogen-bond acceptors (Lipinski definition) is 6. The molecule has 0 spiro atoms. The van der Waals surface area contributed by atoms with Gasteiger partial charge in [-0.05, 0) is 72.2 Å². The summed E-state index contributed by atoms with van der Waals surface area (Å²) in [5, 5.41) is 29.2. The van der Waals surface area contributed by atoms with Crippen molar-refractivity contribution in [3.63, 3.8) is 0 Å². The molecule has 0 aromatic heterocycles. The molecule has 3 aromatic rings. The van der Waals surface area contributed by atoms with Crippen molar-refractivity contribution in [3.8, 4) is 28.7 Å². The van der Waals surface area contributed by atoms with E-state index in [2.05, 4.69) is 24.9 Å². The Labute approximate surface area is 224 Å². The van der Waals surface area contributed by atoms with E-state index in [0.29, 0.717) is 18.4 Å². The van der Waals surface area contributed by atoms with E-state index >= 15 is 0 Å². The Bertz CT molecular complexity index is 1290. The fourth-order valence-corrected chi connectivity index (χ4v) is 4.76. The van der Waals surface area contributed by atoms with Crippen LogP contribution in [0.25, 0.3) is 0 Å². The molecule has 198 valence electrons. The topological polar surface area (TPSA) is 99.4 Å². The minimum Gasteiger partial charge on any atom is -0.504 e. The maximum Gasteiger partial charge on any atom is 0.200 e. The van der Waals surface area contributed by atoms with Crippen molar-refractivity contribution in [1.29, 1.82) is 0 Å². The van der Waals surface area contributed by atoms with Crippen LogP contribution in [0.15, 0.2) is 83.4 Å². The molecule has 6 heteroatoms. The molecule has 0 amide bonds. The molecular weight excluding hydrogens is 478 g/mol. The fourth-order valence-electron chi connectivity index (χ4n) is 4.76. The van der Waals surface area contributed by atoms with Crippen molar-refractivity contribution in [1.82, 2.24) is 0 Å². The SMILES string of the molecule is CC(C)/C(=C\Cc1ccc(Oc2ccccc2)cc1)CC(=O)C1N=CC(Cc2cc(O)c(O)c(O)c2)C1C. The molecule has 0 aliphatic carbocycles. The third-order valence-corrected chi connectivity index (χ3v) is 7.16. The molecule has 1 aliphatic rings. The van der Waals surface area contributed by atoms with Crippen LogP contribution in [0, 0.1) is 17.8 Å². The van der Waals surface area contributed by atoms with Gasteiger partial charge in [-0.15, -0.1) is 0 Å². The second kappa shape index (κ2) is 12.0. The standard InChI is InChI=1S/C32H35NO5/c1-20(2)24(12-9-22-10-13-27(14-11-22)38-26-7-5-4-6-8-26)18-28(34)31-21(3)25(19-33-31)15-23-16-29(35)32(37)30(36)17-23/h4-8,10-14,16-17,19-21,25,31,35-37H,9,15,18H2,1-3H3/b24-12-. The number of phenols is 3. The van der Waals surface area contributed by atoms with Gasteiger partial charge in [0.15, 0.2) is 23.0 Å². The van der Waals surface area contributed by atoms with Crippen LogP contribution in [0.1, 0.15) is 38.3 Å². The van der Waals surface area contributed by atoms with Gasteiger partial charge >= 0.3 is 0 Å². The number of allylic oxidation sites excluding steroid dienone is 2. The van der Waals surface area contributed by atoms with E-state index in [4.69, 9.17) is 4.74 Å². The van der Waals surface area contributed by atoms with Gasteiger partial charge in [0.05, 0.1) is 0 Å². The van der Waals surface area contributed by atoms with Gasteiger partial charge < -0.3 is 20.1 Å². The zero-order valence-corrected chi connectivity index (χ0v) is 22.0. The number of nitrogens with zero attached hydrogens (tertiary/aromatic N) is 1. The van der Waals surface area contributed by atoms with Crippen molar-refractivity contribution < 1.29 is 24.9 Å². The van der Waals surface area contributed by atoms with E-state index in [1.807, 2.05) is 67.7 Å². The molecule has 3 aromatic carbocycles. The molecular formula is C32H35NO5. The maximum atomic E-state index is 13.3. The lowest BCUT2D eigenvalue weighted by Gasteiger charge is -2.20. The molecule has 3 unspecified atom stereocenters. The van der Waals surface area contributed by atoms with E-state index in [0.717, 1.165) is 29.1 Å². The lowest BCUT2D eigenvalue weighted by atomic mass is 9.83. The predicted molar refractivity (Wildman–Crippen MR) is 149 cm³/mol. The zero-order chi connectivity index (χ0) is 27.2. The largest absolute Gasteiger partial charge is 0.504 e. The number of ether oxygens (including phenoxy) is 1. The van der Waals surface area contributed by atoms with E-state index in [1.54, 1.807) is 0 Å². The minimum absolute atomic E-state index is 0.00427. The van der Waals surface area contributed by atoms with Gasteiger partial charge in [0.2, 0.25) is 0 Å². The highest BCUT2D eigenvalue weighted by molar-refractivity contribution is 5.90. The molecule has 1 aliphatic heterocycles. The number of aromatic hydroxyl groups is 3. The molecule has 4 rings (SSSR count). The highest BCUT2D eigenvalue weighted by Gasteiger charge is 2.34. The second-order valence-corrected chi connectivity index (χ2v) is 10.3. The van der Waals surface area contributed by atoms with E-state index in [1.165, 1.54) is 12.1 Å². The summed E-state index contributed by atoms with van der Waals surface area (Å²) in [4.78, 5) is 17.8. The normalized spacial score (nSPS) is 19.2. The first kappa shape index (κ1) is 27.0. The summed E-state index contributed by atoms with van der Waals surface area (Å²) in [5.74, 6) is 0.648. The second-order valence-electron chi connectivity index (χ2n) is 10.3. The first-order valence-corrected chi connectivity index (χ1v) is 13.0. The summed E-state index contributed by atoms with van der Waals surface area (Å²) in [5.41, 5.74) is 2.92. The highest BCUT2D eigenvalue weighted by atomic mass is 16.5. The third kappa shape index (κ3) is 6.62. The van der Waals surface area contributed by atoms with Crippen LogP contribution < -0.4 is 4.74 Å². The molecule has 6 nitrogen and oxygen atoms in total. The summed E-state index contributed by atoms with van der Waals surface area (Å²) in [6, 6.07) is 20.1. The first-order chi connectivity index (χ1) is 18.2. The Hall–Kier alpha value is -4.06. The van der Waals surface area contributed by atoms with Crippen molar-refractivity contribution in [2.75, 3.05) is 0 Å². The summed E-state index contributed by atoms with van der Waals surface area (Å²) in [6.45, 7) is 6.21. The number of para-hydroxylation sites is 1.